The summed E-state index contributed by atoms with van der Waals surface area (Å²) in [5.74, 6) is 1.24. The molecular weight excluding hydrogens is 250 g/mol. The fourth-order valence-corrected chi connectivity index (χ4v) is 1.79. The van der Waals surface area contributed by atoms with Crippen LogP contribution < -0.4 is 10.1 Å². The van der Waals surface area contributed by atoms with Crippen molar-refractivity contribution in [3.63, 3.8) is 0 Å². The van der Waals surface area contributed by atoms with Crippen LogP contribution in [0.2, 0.25) is 0 Å². The van der Waals surface area contributed by atoms with Crippen LogP contribution in [0.5, 0.6) is 5.88 Å². The molecule has 0 bridgehead atoms. The van der Waals surface area contributed by atoms with Crippen molar-refractivity contribution in [2.24, 2.45) is 0 Å². The second-order valence-electron chi connectivity index (χ2n) is 4.86. The molecule has 1 heterocycles. The fourth-order valence-electron chi connectivity index (χ4n) is 1.79. The summed E-state index contributed by atoms with van der Waals surface area (Å²) in [4.78, 5) is 8.73. The third-order valence-electron chi connectivity index (χ3n) is 2.86. The van der Waals surface area contributed by atoms with Crippen molar-refractivity contribution in [3.05, 3.63) is 47.2 Å². The summed E-state index contributed by atoms with van der Waals surface area (Å²) in [5, 5.41) is 3.24. The minimum Gasteiger partial charge on any atom is -0.478 e. The van der Waals surface area contributed by atoms with Crippen LogP contribution in [-0.2, 0) is 6.54 Å². The second kappa shape index (κ2) is 6.89. The standard InChI is InChI=1S/C16H21N3O/c1-4-9-20-15-10-13(3)18-16(19-15)17-11-14-7-5-12(2)6-8-14/h5-8,10H,4,9,11H2,1-3H3,(H,17,18,19). The van der Waals surface area contributed by atoms with E-state index in [2.05, 4.69) is 53.4 Å². The summed E-state index contributed by atoms with van der Waals surface area (Å²) in [6.07, 6.45) is 0.967. The number of aromatic nitrogens is 2. The van der Waals surface area contributed by atoms with Crippen molar-refractivity contribution in [2.45, 2.75) is 33.7 Å². The lowest BCUT2D eigenvalue weighted by Crippen LogP contribution is -2.06. The number of nitrogens with zero attached hydrogens (tertiary/aromatic N) is 2. The van der Waals surface area contributed by atoms with E-state index in [0.717, 1.165) is 12.1 Å². The maximum Gasteiger partial charge on any atom is 0.226 e. The third-order valence-corrected chi connectivity index (χ3v) is 2.86. The Morgan fingerprint density at radius 3 is 2.55 bits per heavy atom. The van der Waals surface area contributed by atoms with Crippen LogP contribution in [0.15, 0.2) is 30.3 Å². The van der Waals surface area contributed by atoms with E-state index in [0.29, 0.717) is 25.0 Å². The quantitative estimate of drug-likeness (QED) is 0.873. The Balaban J connectivity index is 2.01. The van der Waals surface area contributed by atoms with Crippen LogP contribution in [0.25, 0.3) is 0 Å². The molecule has 4 nitrogen and oxygen atoms in total. The lowest BCUT2D eigenvalue weighted by Gasteiger charge is -2.09. The Kier molecular flexibility index (Phi) is 4.93. The van der Waals surface area contributed by atoms with Gasteiger partial charge in [-0.2, -0.15) is 4.98 Å². The third kappa shape index (κ3) is 4.23. The molecule has 2 aromatic rings. The van der Waals surface area contributed by atoms with Gasteiger partial charge in [-0.05, 0) is 25.8 Å². The van der Waals surface area contributed by atoms with E-state index in [-0.39, 0.29) is 0 Å². The molecule has 1 aromatic carbocycles. The number of nitrogens with one attached hydrogen (secondary N) is 1. The molecule has 0 aliphatic heterocycles. The van der Waals surface area contributed by atoms with E-state index in [1.807, 2.05) is 13.0 Å². The minimum absolute atomic E-state index is 0.608. The number of benzene rings is 1. The van der Waals surface area contributed by atoms with Gasteiger partial charge in [0.2, 0.25) is 11.8 Å². The van der Waals surface area contributed by atoms with E-state index in [1.54, 1.807) is 0 Å². The molecule has 4 heteroatoms. The van der Waals surface area contributed by atoms with E-state index in [9.17, 15) is 0 Å². The van der Waals surface area contributed by atoms with Crippen LogP contribution >= 0.6 is 0 Å². The second-order valence-corrected chi connectivity index (χ2v) is 4.86. The van der Waals surface area contributed by atoms with Gasteiger partial charge < -0.3 is 10.1 Å². The van der Waals surface area contributed by atoms with Gasteiger partial charge in [0.05, 0.1) is 6.61 Å². The topological polar surface area (TPSA) is 47.0 Å². The van der Waals surface area contributed by atoms with Crippen molar-refractivity contribution >= 4 is 5.95 Å². The average molecular weight is 271 g/mol. The Bertz CT molecular complexity index is 552. The molecule has 20 heavy (non-hydrogen) atoms. The molecule has 0 saturated heterocycles. The van der Waals surface area contributed by atoms with Crippen LogP contribution in [-0.4, -0.2) is 16.6 Å². The lowest BCUT2D eigenvalue weighted by molar-refractivity contribution is 0.305. The van der Waals surface area contributed by atoms with Crippen LogP contribution in [0, 0.1) is 13.8 Å². The first-order valence-corrected chi connectivity index (χ1v) is 6.95. The molecule has 0 fully saturated rings. The number of ether oxygens (including phenoxy) is 1. The fraction of sp³-hybridized carbons (Fsp3) is 0.375. The molecule has 0 saturated carbocycles. The van der Waals surface area contributed by atoms with Gasteiger partial charge in [-0.15, -0.1) is 0 Å². The van der Waals surface area contributed by atoms with Crippen molar-refractivity contribution in [2.75, 3.05) is 11.9 Å². The normalized spacial score (nSPS) is 10.3. The number of anilines is 1. The van der Waals surface area contributed by atoms with Gasteiger partial charge >= 0.3 is 0 Å². The largest absolute Gasteiger partial charge is 0.478 e. The zero-order chi connectivity index (χ0) is 14.4. The number of rotatable bonds is 6. The van der Waals surface area contributed by atoms with E-state index < -0.39 is 0 Å². The average Bonchev–Trinajstić information content (AvgIpc) is 2.44. The molecular formula is C16H21N3O. The van der Waals surface area contributed by atoms with Crippen molar-refractivity contribution in [1.29, 1.82) is 0 Å². The summed E-state index contributed by atoms with van der Waals surface area (Å²) >= 11 is 0. The van der Waals surface area contributed by atoms with E-state index in [4.69, 9.17) is 4.74 Å². The van der Waals surface area contributed by atoms with Gasteiger partial charge in [-0.3, -0.25) is 0 Å². The van der Waals surface area contributed by atoms with E-state index >= 15 is 0 Å². The van der Waals surface area contributed by atoms with Gasteiger partial charge in [0.1, 0.15) is 0 Å². The van der Waals surface area contributed by atoms with Crippen molar-refractivity contribution in [1.82, 2.24) is 9.97 Å². The molecule has 0 aliphatic carbocycles. The molecule has 2 rings (SSSR count). The van der Waals surface area contributed by atoms with Crippen molar-refractivity contribution < 1.29 is 4.74 Å². The Labute approximate surface area is 120 Å². The monoisotopic (exact) mass is 271 g/mol. The van der Waals surface area contributed by atoms with Gasteiger partial charge in [0.25, 0.3) is 0 Å². The molecule has 0 aliphatic rings. The number of hydrogen-bond donors (Lipinski definition) is 1. The van der Waals surface area contributed by atoms with Crippen LogP contribution in [0.4, 0.5) is 5.95 Å². The molecule has 1 aromatic heterocycles. The Morgan fingerprint density at radius 2 is 1.85 bits per heavy atom. The van der Waals surface area contributed by atoms with Crippen LogP contribution in [0.1, 0.15) is 30.2 Å². The highest BCUT2D eigenvalue weighted by Crippen LogP contribution is 2.13. The molecule has 0 atom stereocenters. The summed E-state index contributed by atoms with van der Waals surface area (Å²) in [5.41, 5.74) is 3.37. The first-order chi connectivity index (χ1) is 9.67. The number of hydrogen-bond acceptors (Lipinski definition) is 4. The highest BCUT2D eigenvalue weighted by atomic mass is 16.5. The highest BCUT2D eigenvalue weighted by Gasteiger charge is 2.03. The molecule has 1 N–H and O–H groups in total. The zero-order valence-corrected chi connectivity index (χ0v) is 12.3. The predicted octanol–water partition coefficient (Wildman–Crippen LogP) is 3.49. The summed E-state index contributed by atoms with van der Waals surface area (Å²) in [6.45, 7) is 7.48. The smallest absolute Gasteiger partial charge is 0.226 e. The van der Waals surface area contributed by atoms with Gasteiger partial charge in [-0.25, -0.2) is 4.98 Å². The van der Waals surface area contributed by atoms with E-state index in [1.165, 1.54) is 11.1 Å². The molecule has 0 radical (unpaired) electrons. The summed E-state index contributed by atoms with van der Waals surface area (Å²) in [7, 11) is 0. The van der Waals surface area contributed by atoms with Crippen LogP contribution in [0.3, 0.4) is 0 Å². The Hall–Kier alpha value is -2.10. The lowest BCUT2D eigenvalue weighted by atomic mass is 10.1. The summed E-state index contributed by atoms with van der Waals surface area (Å²) < 4.78 is 5.55. The number of aryl methyl sites for hydroxylation is 2. The molecule has 106 valence electrons. The van der Waals surface area contributed by atoms with Crippen molar-refractivity contribution in [3.8, 4) is 5.88 Å². The highest BCUT2D eigenvalue weighted by molar-refractivity contribution is 5.32. The molecule has 0 unspecified atom stereocenters. The SMILES string of the molecule is CCCOc1cc(C)nc(NCc2ccc(C)cc2)n1. The van der Waals surface area contributed by atoms with Gasteiger partial charge in [-0.1, -0.05) is 36.8 Å². The van der Waals surface area contributed by atoms with Gasteiger partial charge in [0.15, 0.2) is 0 Å². The first kappa shape index (κ1) is 14.3. The maximum atomic E-state index is 5.55. The minimum atomic E-state index is 0.608. The Morgan fingerprint density at radius 1 is 1.10 bits per heavy atom. The molecule has 0 spiro atoms. The zero-order valence-electron chi connectivity index (χ0n) is 12.3. The maximum absolute atomic E-state index is 5.55. The summed E-state index contributed by atoms with van der Waals surface area (Å²) in [6, 6.07) is 10.3. The molecule has 0 amide bonds. The van der Waals surface area contributed by atoms with Gasteiger partial charge in [0, 0.05) is 18.3 Å². The predicted molar refractivity (Wildman–Crippen MR) is 81.1 cm³/mol. The first-order valence-electron chi connectivity index (χ1n) is 6.95.